The fourth-order valence-electron chi connectivity index (χ4n) is 2.57. The zero-order valence-electron chi connectivity index (χ0n) is 16.7. The van der Waals surface area contributed by atoms with E-state index in [0.29, 0.717) is 26.1 Å². The van der Waals surface area contributed by atoms with Gasteiger partial charge in [0.15, 0.2) is 4.34 Å². The Morgan fingerprint density at radius 1 is 1.06 bits per heavy atom. The lowest BCUT2D eigenvalue weighted by Crippen LogP contribution is -2.30. The summed E-state index contributed by atoms with van der Waals surface area (Å²) in [6.07, 6.45) is 0. The summed E-state index contributed by atoms with van der Waals surface area (Å²) in [4.78, 5) is 41.3. The highest BCUT2D eigenvalue weighted by atomic mass is 35.5. The van der Waals surface area contributed by atoms with Crippen molar-refractivity contribution in [3.05, 3.63) is 53.1 Å². The van der Waals surface area contributed by atoms with E-state index in [9.17, 15) is 14.4 Å². The van der Waals surface area contributed by atoms with Crippen LogP contribution in [0.5, 0.6) is 0 Å². The zero-order valence-corrected chi connectivity index (χ0v) is 19.1. The number of anilines is 1. The number of aromatic nitrogens is 1. The molecule has 0 spiro atoms. The lowest BCUT2D eigenvalue weighted by molar-refractivity contribution is -0.152. The third kappa shape index (κ3) is 5.96. The zero-order chi connectivity index (χ0) is 22.4. The first-order valence-corrected chi connectivity index (χ1v) is 11.5. The maximum atomic E-state index is 12.4. The number of amides is 1. The summed E-state index contributed by atoms with van der Waals surface area (Å²) in [5, 5.41) is 2.24. The fraction of sp³-hybridized carbons (Fsp3) is 0.238. The molecule has 0 aliphatic rings. The van der Waals surface area contributed by atoms with Gasteiger partial charge in [0.1, 0.15) is 0 Å². The molecule has 10 heteroatoms. The molecule has 0 atom stereocenters. The van der Waals surface area contributed by atoms with Crippen molar-refractivity contribution < 1.29 is 23.9 Å². The molecule has 1 aromatic heterocycles. The lowest BCUT2D eigenvalue weighted by Gasteiger charge is -2.12. The number of ether oxygens (including phenoxy) is 2. The molecule has 1 N–H and O–H groups in total. The van der Waals surface area contributed by atoms with Gasteiger partial charge in [-0.1, -0.05) is 23.4 Å². The minimum Gasteiger partial charge on any atom is -0.465 e. The molecule has 0 aliphatic heterocycles. The van der Waals surface area contributed by atoms with Crippen LogP contribution in [0.25, 0.3) is 10.2 Å². The number of nitrogens with zero attached hydrogens (tertiary/aromatic N) is 1. The van der Waals surface area contributed by atoms with Gasteiger partial charge in [0, 0.05) is 16.3 Å². The number of hydrogen-bond donors (Lipinski definition) is 1. The van der Waals surface area contributed by atoms with Gasteiger partial charge in [0.05, 0.1) is 23.4 Å². The van der Waals surface area contributed by atoms with E-state index in [0.717, 1.165) is 16.5 Å². The molecule has 1 heterocycles. The number of benzene rings is 2. The molecule has 7 nitrogen and oxygen atoms in total. The Morgan fingerprint density at radius 2 is 1.71 bits per heavy atom. The van der Waals surface area contributed by atoms with E-state index in [1.54, 1.807) is 56.3 Å². The first kappa shape index (κ1) is 23.1. The number of halogens is 1. The second-order valence-electron chi connectivity index (χ2n) is 6.13. The average Bonchev–Trinajstić information content (AvgIpc) is 3.14. The predicted molar refractivity (Wildman–Crippen MR) is 122 cm³/mol. The predicted octanol–water partition coefficient (Wildman–Crippen LogP) is 4.79. The lowest BCUT2D eigenvalue weighted by atomic mass is 10.2. The van der Waals surface area contributed by atoms with Crippen LogP contribution in [0.2, 0.25) is 5.02 Å². The first-order chi connectivity index (χ1) is 14.9. The summed E-state index contributed by atoms with van der Waals surface area (Å²) in [5.41, 5.74) is 1.76. The minimum atomic E-state index is -1.15. The SMILES string of the molecule is CCOC(=O)C(Sc1nc2ccc(NC(=O)c3ccc(Cl)cc3)cc2s1)C(=O)OCC. The number of nitrogens with one attached hydrogen (secondary N) is 1. The second kappa shape index (κ2) is 10.6. The van der Waals surface area contributed by atoms with Gasteiger partial charge >= 0.3 is 11.9 Å². The molecule has 0 radical (unpaired) electrons. The molecule has 0 bridgehead atoms. The second-order valence-corrected chi connectivity index (χ2v) is 8.94. The molecule has 1 amide bonds. The third-order valence-electron chi connectivity index (χ3n) is 3.95. The van der Waals surface area contributed by atoms with Gasteiger partial charge in [0.2, 0.25) is 5.25 Å². The molecule has 0 fully saturated rings. The minimum absolute atomic E-state index is 0.159. The summed E-state index contributed by atoms with van der Waals surface area (Å²) in [5.74, 6) is -1.60. The van der Waals surface area contributed by atoms with Gasteiger partial charge in [-0.15, -0.1) is 11.3 Å². The highest BCUT2D eigenvalue weighted by molar-refractivity contribution is 8.03. The van der Waals surface area contributed by atoms with Crippen LogP contribution in [0, 0.1) is 0 Å². The third-order valence-corrected chi connectivity index (χ3v) is 6.47. The van der Waals surface area contributed by atoms with Crippen LogP contribution in [0.1, 0.15) is 24.2 Å². The Balaban J connectivity index is 1.77. The van der Waals surface area contributed by atoms with Crippen LogP contribution in [-0.2, 0) is 19.1 Å². The molecule has 2 aromatic carbocycles. The monoisotopic (exact) mass is 478 g/mol. The van der Waals surface area contributed by atoms with Gasteiger partial charge in [-0.05, 0) is 56.3 Å². The normalized spacial score (nSPS) is 10.8. The molecule has 0 unspecified atom stereocenters. The number of thiazole rings is 1. The molecular weight excluding hydrogens is 460 g/mol. The molecule has 0 saturated carbocycles. The summed E-state index contributed by atoms with van der Waals surface area (Å²) in [6, 6.07) is 11.9. The van der Waals surface area contributed by atoms with Crippen LogP contribution in [-0.4, -0.2) is 41.3 Å². The Bertz CT molecular complexity index is 1080. The Labute approximate surface area is 192 Å². The van der Waals surface area contributed by atoms with Crippen molar-refractivity contribution in [2.75, 3.05) is 18.5 Å². The number of rotatable bonds is 8. The maximum absolute atomic E-state index is 12.4. The largest absolute Gasteiger partial charge is 0.465 e. The molecule has 162 valence electrons. The molecule has 0 aliphatic carbocycles. The van der Waals surface area contributed by atoms with E-state index in [1.165, 1.54) is 11.3 Å². The van der Waals surface area contributed by atoms with Crippen molar-refractivity contribution in [2.45, 2.75) is 23.4 Å². The smallest absolute Gasteiger partial charge is 0.331 e. The van der Waals surface area contributed by atoms with E-state index < -0.39 is 17.2 Å². The molecule has 0 saturated heterocycles. The van der Waals surface area contributed by atoms with Crippen molar-refractivity contribution >= 4 is 68.4 Å². The van der Waals surface area contributed by atoms with Crippen molar-refractivity contribution in [2.24, 2.45) is 0 Å². The van der Waals surface area contributed by atoms with Crippen LogP contribution in [0.3, 0.4) is 0 Å². The van der Waals surface area contributed by atoms with Crippen LogP contribution < -0.4 is 5.32 Å². The highest BCUT2D eigenvalue weighted by Crippen LogP contribution is 2.34. The van der Waals surface area contributed by atoms with Gasteiger partial charge in [-0.3, -0.25) is 14.4 Å². The number of esters is 2. The summed E-state index contributed by atoms with van der Waals surface area (Å²) < 4.78 is 11.3. The van der Waals surface area contributed by atoms with Gasteiger partial charge in [0.25, 0.3) is 5.91 Å². The Morgan fingerprint density at radius 3 is 2.32 bits per heavy atom. The summed E-state index contributed by atoms with van der Waals surface area (Å²) in [6.45, 7) is 3.66. The standard InChI is InChI=1S/C21H19ClN2O5S2/c1-3-28-19(26)17(20(27)29-4-2)31-21-24-15-10-9-14(11-16(15)30-21)23-18(25)12-5-7-13(22)8-6-12/h5-11,17H,3-4H2,1-2H3,(H,23,25). The number of fused-ring (bicyclic) bond motifs is 1. The van der Waals surface area contributed by atoms with Crippen molar-refractivity contribution in [1.82, 2.24) is 4.98 Å². The highest BCUT2D eigenvalue weighted by Gasteiger charge is 2.32. The van der Waals surface area contributed by atoms with Crippen LogP contribution in [0.4, 0.5) is 5.69 Å². The van der Waals surface area contributed by atoms with E-state index in [1.807, 2.05) is 0 Å². The van der Waals surface area contributed by atoms with Crippen molar-refractivity contribution in [1.29, 1.82) is 0 Å². The average molecular weight is 479 g/mol. The van der Waals surface area contributed by atoms with E-state index in [4.69, 9.17) is 21.1 Å². The molecule has 3 aromatic rings. The number of carbonyl (C=O) groups excluding carboxylic acids is 3. The Hall–Kier alpha value is -2.62. The summed E-state index contributed by atoms with van der Waals surface area (Å²) >= 11 is 8.15. The molecular formula is C21H19ClN2O5S2. The number of hydrogen-bond acceptors (Lipinski definition) is 8. The number of carbonyl (C=O) groups is 3. The van der Waals surface area contributed by atoms with Gasteiger partial charge in [-0.25, -0.2) is 4.98 Å². The van der Waals surface area contributed by atoms with E-state index >= 15 is 0 Å². The maximum Gasteiger partial charge on any atom is 0.331 e. The fourth-order valence-corrected chi connectivity index (χ4v) is 4.86. The van der Waals surface area contributed by atoms with Crippen LogP contribution in [0.15, 0.2) is 46.8 Å². The Kier molecular flexibility index (Phi) is 7.89. The number of thioether (sulfide) groups is 1. The topological polar surface area (TPSA) is 94.6 Å². The summed E-state index contributed by atoms with van der Waals surface area (Å²) in [7, 11) is 0. The van der Waals surface area contributed by atoms with E-state index in [2.05, 4.69) is 10.3 Å². The van der Waals surface area contributed by atoms with Crippen LogP contribution >= 0.6 is 34.7 Å². The molecule has 3 rings (SSSR count). The molecule has 31 heavy (non-hydrogen) atoms. The van der Waals surface area contributed by atoms with Crippen molar-refractivity contribution in [3.8, 4) is 0 Å². The van der Waals surface area contributed by atoms with Gasteiger partial charge < -0.3 is 14.8 Å². The quantitative estimate of drug-likeness (QED) is 0.282. The first-order valence-electron chi connectivity index (χ1n) is 9.38. The van der Waals surface area contributed by atoms with E-state index in [-0.39, 0.29) is 19.1 Å². The van der Waals surface area contributed by atoms with Gasteiger partial charge in [-0.2, -0.15) is 0 Å². The van der Waals surface area contributed by atoms with Crippen molar-refractivity contribution in [3.63, 3.8) is 0 Å².